The molecular formula is C9H11BrN2O3S2. The standard InChI is InChI=1S/C9H11BrN2O3S2/c1-6(16-2)9(13)12-17(14,15)8-3-7(10)4-11-5-8/h3-6H,1-2H3,(H,12,13)/t6-/m0/s1. The molecule has 0 bridgehead atoms. The van der Waals surface area contributed by atoms with Crippen LogP contribution in [-0.4, -0.2) is 30.8 Å². The Hall–Kier alpha value is -0.600. The van der Waals surface area contributed by atoms with E-state index in [9.17, 15) is 13.2 Å². The van der Waals surface area contributed by atoms with E-state index in [-0.39, 0.29) is 4.90 Å². The number of pyridine rings is 1. The summed E-state index contributed by atoms with van der Waals surface area (Å²) in [6.45, 7) is 1.63. The summed E-state index contributed by atoms with van der Waals surface area (Å²) in [6, 6.07) is 1.38. The summed E-state index contributed by atoms with van der Waals surface area (Å²) in [6.07, 6.45) is 4.38. The van der Waals surface area contributed by atoms with Gasteiger partial charge in [0.2, 0.25) is 5.91 Å². The molecule has 0 aromatic carbocycles. The van der Waals surface area contributed by atoms with Crippen LogP contribution < -0.4 is 4.72 Å². The van der Waals surface area contributed by atoms with E-state index in [1.54, 1.807) is 13.2 Å². The Morgan fingerprint density at radius 1 is 1.53 bits per heavy atom. The number of aromatic nitrogens is 1. The number of rotatable bonds is 4. The molecule has 1 atom stereocenters. The fourth-order valence-electron chi connectivity index (χ4n) is 0.921. The van der Waals surface area contributed by atoms with Crippen LogP contribution in [0.1, 0.15) is 6.92 Å². The van der Waals surface area contributed by atoms with Crippen LogP contribution in [0.2, 0.25) is 0 Å². The molecule has 17 heavy (non-hydrogen) atoms. The monoisotopic (exact) mass is 338 g/mol. The molecule has 8 heteroatoms. The maximum absolute atomic E-state index is 11.8. The lowest BCUT2D eigenvalue weighted by Gasteiger charge is -2.10. The Morgan fingerprint density at radius 3 is 2.71 bits per heavy atom. The minimum Gasteiger partial charge on any atom is -0.273 e. The number of hydrogen-bond acceptors (Lipinski definition) is 5. The van der Waals surface area contributed by atoms with Crippen molar-refractivity contribution in [1.82, 2.24) is 9.71 Å². The molecule has 1 aromatic heterocycles. The number of carbonyl (C=O) groups excluding carboxylic acids is 1. The van der Waals surface area contributed by atoms with Gasteiger partial charge in [-0.2, -0.15) is 11.8 Å². The zero-order valence-corrected chi connectivity index (χ0v) is 12.4. The molecule has 1 aromatic rings. The summed E-state index contributed by atoms with van der Waals surface area (Å²) in [5, 5.41) is -0.426. The van der Waals surface area contributed by atoms with Crippen LogP contribution in [-0.2, 0) is 14.8 Å². The summed E-state index contributed by atoms with van der Waals surface area (Å²) in [5.41, 5.74) is 0. The third kappa shape index (κ3) is 3.97. The first-order valence-electron chi connectivity index (χ1n) is 4.57. The summed E-state index contributed by atoms with van der Waals surface area (Å²) >= 11 is 4.39. The van der Waals surface area contributed by atoms with Crippen LogP contribution in [0, 0.1) is 0 Å². The molecule has 0 aliphatic carbocycles. The first-order chi connectivity index (χ1) is 7.86. The summed E-state index contributed by atoms with van der Waals surface area (Å²) in [4.78, 5) is 15.2. The molecule has 5 nitrogen and oxygen atoms in total. The highest BCUT2D eigenvalue weighted by molar-refractivity contribution is 9.10. The van der Waals surface area contributed by atoms with Crippen LogP contribution in [0.3, 0.4) is 0 Å². The van der Waals surface area contributed by atoms with E-state index >= 15 is 0 Å². The lowest BCUT2D eigenvalue weighted by molar-refractivity contribution is -0.118. The largest absolute Gasteiger partial charge is 0.273 e. The highest BCUT2D eigenvalue weighted by Crippen LogP contribution is 2.14. The third-order valence-corrected chi connectivity index (χ3v) is 4.62. The van der Waals surface area contributed by atoms with Crippen molar-refractivity contribution in [1.29, 1.82) is 0 Å². The maximum atomic E-state index is 11.8. The van der Waals surface area contributed by atoms with Crippen molar-refractivity contribution in [2.24, 2.45) is 0 Å². The first kappa shape index (κ1) is 14.5. The first-order valence-corrected chi connectivity index (χ1v) is 8.13. The van der Waals surface area contributed by atoms with Crippen molar-refractivity contribution in [3.8, 4) is 0 Å². The van der Waals surface area contributed by atoms with Gasteiger partial charge in [0.25, 0.3) is 10.0 Å². The molecule has 0 unspecified atom stereocenters. The van der Waals surface area contributed by atoms with E-state index in [1.807, 2.05) is 4.72 Å². The molecular weight excluding hydrogens is 328 g/mol. The Balaban J connectivity index is 2.94. The Morgan fingerprint density at radius 2 is 2.18 bits per heavy atom. The average Bonchev–Trinajstić information content (AvgIpc) is 2.27. The molecule has 0 fully saturated rings. The van der Waals surface area contributed by atoms with Crippen LogP contribution in [0.4, 0.5) is 0 Å². The topological polar surface area (TPSA) is 76.1 Å². The quantitative estimate of drug-likeness (QED) is 0.897. The Labute approximate surface area is 113 Å². The van der Waals surface area contributed by atoms with Crippen molar-refractivity contribution >= 4 is 43.6 Å². The molecule has 0 aliphatic rings. The van der Waals surface area contributed by atoms with Gasteiger partial charge in [0, 0.05) is 16.9 Å². The number of halogens is 1. The number of thioether (sulfide) groups is 1. The molecule has 0 saturated carbocycles. The second-order valence-electron chi connectivity index (χ2n) is 3.19. The predicted molar refractivity (Wildman–Crippen MR) is 70.2 cm³/mol. The zero-order valence-electron chi connectivity index (χ0n) is 9.18. The fourth-order valence-corrected chi connectivity index (χ4v) is 2.83. The van der Waals surface area contributed by atoms with E-state index in [0.29, 0.717) is 4.47 Å². The molecule has 1 heterocycles. The molecule has 1 N–H and O–H groups in total. The normalized spacial score (nSPS) is 13.1. The predicted octanol–water partition coefficient (Wildman–Crippen LogP) is 1.40. The van der Waals surface area contributed by atoms with E-state index in [0.717, 1.165) is 0 Å². The van der Waals surface area contributed by atoms with Crippen LogP contribution in [0.5, 0.6) is 0 Å². The van der Waals surface area contributed by atoms with Crippen LogP contribution >= 0.6 is 27.7 Å². The summed E-state index contributed by atoms with van der Waals surface area (Å²) < 4.78 is 26.2. The average molecular weight is 339 g/mol. The van der Waals surface area contributed by atoms with Gasteiger partial charge in [0.1, 0.15) is 4.90 Å². The van der Waals surface area contributed by atoms with Gasteiger partial charge in [0.05, 0.1) is 5.25 Å². The lowest BCUT2D eigenvalue weighted by Crippen LogP contribution is -2.35. The van der Waals surface area contributed by atoms with Gasteiger partial charge in [-0.15, -0.1) is 0 Å². The number of nitrogens with zero attached hydrogens (tertiary/aromatic N) is 1. The second kappa shape index (κ2) is 5.83. The van der Waals surface area contributed by atoms with E-state index in [1.165, 1.54) is 30.2 Å². The second-order valence-corrected chi connectivity index (χ2v) is 6.96. The Kier molecular flexibility index (Phi) is 4.96. The van der Waals surface area contributed by atoms with Gasteiger partial charge in [-0.05, 0) is 35.2 Å². The van der Waals surface area contributed by atoms with Crippen molar-refractivity contribution in [2.45, 2.75) is 17.1 Å². The van der Waals surface area contributed by atoms with Gasteiger partial charge in [-0.1, -0.05) is 0 Å². The van der Waals surface area contributed by atoms with Crippen molar-refractivity contribution in [2.75, 3.05) is 6.26 Å². The molecule has 1 rings (SSSR count). The zero-order chi connectivity index (χ0) is 13.1. The van der Waals surface area contributed by atoms with Gasteiger partial charge < -0.3 is 0 Å². The summed E-state index contributed by atoms with van der Waals surface area (Å²) in [5.74, 6) is -0.544. The number of sulfonamides is 1. The SMILES string of the molecule is CS[C@@H](C)C(=O)NS(=O)(=O)c1cncc(Br)c1. The molecule has 1 amide bonds. The molecule has 0 radical (unpaired) electrons. The van der Waals surface area contributed by atoms with E-state index < -0.39 is 21.2 Å². The van der Waals surface area contributed by atoms with Gasteiger partial charge in [0.15, 0.2) is 0 Å². The number of hydrogen-bond donors (Lipinski definition) is 1. The van der Waals surface area contributed by atoms with Gasteiger partial charge in [-0.25, -0.2) is 13.1 Å². The lowest BCUT2D eigenvalue weighted by atomic mass is 10.5. The van der Waals surface area contributed by atoms with E-state index in [2.05, 4.69) is 20.9 Å². The fraction of sp³-hybridized carbons (Fsp3) is 0.333. The van der Waals surface area contributed by atoms with Crippen molar-refractivity contribution in [3.63, 3.8) is 0 Å². The highest BCUT2D eigenvalue weighted by atomic mass is 79.9. The number of nitrogens with one attached hydrogen (secondary N) is 1. The molecule has 0 spiro atoms. The number of carbonyl (C=O) groups is 1. The third-order valence-electron chi connectivity index (χ3n) is 1.95. The van der Waals surface area contributed by atoms with E-state index in [4.69, 9.17) is 0 Å². The Bertz CT molecular complexity index is 519. The van der Waals surface area contributed by atoms with Gasteiger partial charge in [-0.3, -0.25) is 9.78 Å². The van der Waals surface area contributed by atoms with Crippen LogP contribution in [0.15, 0.2) is 27.8 Å². The minimum atomic E-state index is -3.84. The smallest absolute Gasteiger partial charge is 0.265 e. The molecule has 0 aliphatic heterocycles. The molecule has 0 saturated heterocycles. The maximum Gasteiger partial charge on any atom is 0.265 e. The van der Waals surface area contributed by atoms with Crippen LogP contribution in [0.25, 0.3) is 0 Å². The van der Waals surface area contributed by atoms with Crippen molar-refractivity contribution < 1.29 is 13.2 Å². The number of amides is 1. The summed E-state index contributed by atoms with van der Waals surface area (Å²) in [7, 11) is -3.84. The highest BCUT2D eigenvalue weighted by Gasteiger charge is 2.21. The van der Waals surface area contributed by atoms with Crippen molar-refractivity contribution in [3.05, 3.63) is 22.9 Å². The molecule has 94 valence electrons. The minimum absolute atomic E-state index is 0.0477. The van der Waals surface area contributed by atoms with Gasteiger partial charge >= 0.3 is 0 Å².